The fraction of sp³-hybridized carbons (Fsp3) is 0.211. The number of esters is 1. The van der Waals surface area contributed by atoms with E-state index in [2.05, 4.69) is 56.1 Å². The summed E-state index contributed by atoms with van der Waals surface area (Å²) < 4.78 is 6.22. The van der Waals surface area contributed by atoms with Crippen LogP contribution < -0.4 is 0 Å². The highest BCUT2D eigenvalue weighted by Gasteiger charge is 2.12. The number of carbonyl (C=O) groups is 1. The second kappa shape index (κ2) is 7.72. The Labute approximate surface area is 146 Å². The Morgan fingerprint density at radius 2 is 1.76 bits per heavy atom. The van der Waals surface area contributed by atoms with E-state index in [1.807, 2.05) is 25.2 Å². The SMILES string of the molecule is COC(=O)c1ncn(CN(C)Cc2ccc(-c3ccccc3)cc2)n1. The smallest absolute Gasteiger partial charge is 0.377 e. The molecule has 0 saturated carbocycles. The minimum Gasteiger partial charge on any atom is -0.463 e. The molecule has 0 aliphatic heterocycles. The molecule has 0 amide bonds. The highest BCUT2D eigenvalue weighted by Crippen LogP contribution is 2.19. The van der Waals surface area contributed by atoms with Gasteiger partial charge < -0.3 is 4.74 Å². The zero-order valence-corrected chi connectivity index (χ0v) is 14.3. The largest absolute Gasteiger partial charge is 0.463 e. The maximum Gasteiger partial charge on any atom is 0.377 e. The molecular weight excluding hydrogens is 316 g/mol. The topological polar surface area (TPSA) is 60.2 Å². The van der Waals surface area contributed by atoms with E-state index in [0.717, 1.165) is 6.54 Å². The second-order valence-corrected chi connectivity index (χ2v) is 5.82. The first-order valence-electron chi connectivity index (χ1n) is 7.96. The van der Waals surface area contributed by atoms with Gasteiger partial charge in [0, 0.05) is 6.54 Å². The van der Waals surface area contributed by atoms with E-state index in [4.69, 9.17) is 0 Å². The maximum absolute atomic E-state index is 11.4. The van der Waals surface area contributed by atoms with Gasteiger partial charge in [-0.1, -0.05) is 54.6 Å². The van der Waals surface area contributed by atoms with E-state index in [0.29, 0.717) is 6.67 Å². The Bertz CT molecular complexity index is 828. The first-order valence-corrected chi connectivity index (χ1v) is 7.96. The summed E-state index contributed by atoms with van der Waals surface area (Å²) in [6.45, 7) is 1.30. The van der Waals surface area contributed by atoms with Crippen molar-refractivity contribution in [3.05, 3.63) is 72.3 Å². The van der Waals surface area contributed by atoms with Crippen molar-refractivity contribution in [3.8, 4) is 11.1 Å². The molecule has 6 nitrogen and oxygen atoms in total. The van der Waals surface area contributed by atoms with Crippen LogP contribution in [0.4, 0.5) is 0 Å². The van der Waals surface area contributed by atoms with E-state index >= 15 is 0 Å². The number of aromatic nitrogens is 3. The van der Waals surface area contributed by atoms with Crippen molar-refractivity contribution in [2.24, 2.45) is 0 Å². The molecule has 0 aliphatic rings. The van der Waals surface area contributed by atoms with Gasteiger partial charge in [-0.15, -0.1) is 5.10 Å². The van der Waals surface area contributed by atoms with Gasteiger partial charge in [0.1, 0.15) is 6.33 Å². The van der Waals surface area contributed by atoms with Crippen molar-refractivity contribution in [1.82, 2.24) is 19.7 Å². The van der Waals surface area contributed by atoms with Crippen LogP contribution >= 0.6 is 0 Å². The maximum atomic E-state index is 11.4. The molecule has 0 N–H and O–H groups in total. The minimum absolute atomic E-state index is 0.0723. The van der Waals surface area contributed by atoms with Crippen molar-refractivity contribution in [1.29, 1.82) is 0 Å². The van der Waals surface area contributed by atoms with Gasteiger partial charge in [-0.3, -0.25) is 4.90 Å². The molecule has 0 atom stereocenters. The summed E-state index contributed by atoms with van der Waals surface area (Å²) in [4.78, 5) is 17.4. The summed E-state index contributed by atoms with van der Waals surface area (Å²) in [5.74, 6) is -0.457. The molecule has 3 rings (SSSR count). The number of benzene rings is 2. The molecule has 25 heavy (non-hydrogen) atoms. The molecule has 1 aromatic heterocycles. The van der Waals surface area contributed by atoms with Gasteiger partial charge in [0.2, 0.25) is 0 Å². The fourth-order valence-electron chi connectivity index (χ4n) is 2.59. The lowest BCUT2D eigenvalue weighted by molar-refractivity contribution is 0.0585. The number of hydrogen-bond acceptors (Lipinski definition) is 5. The lowest BCUT2D eigenvalue weighted by Gasteiger charge is -2.16. The minimum atomic E-state index is -0.530. The second-order valence-electron chi connectivity index (χ2n) is 5.82. The Morgan fingerprint density at radius 1 is 1.08 bits per heavy atom. The zero-order chi connectivity index (χ0) is 17.6. The lowest BCUT2D eigenvalue weighted by Crippen LogP contribution is -2.22. The summed E-state index contributed by atoms with van der Waals surface area (Å²) in [5, 5.41) is 4.11. The molecule has 0 spiro atoms. The average molecular weight is 336 g/mol. The molecule has 1 heterocycles. The van der Waals surface area contributed by atoms with Gasteiger partial charge >= 0.3 is 5.97 Å². The van der Waals surface area contributed by atoms with Crippen molar-refractivity contribution in [3.63, 3.8) is 0 Å². The van der Waals surface area contributed by atoms with Crippen LogP contribution in [0.2, 0.25) is 0 Å². The monoisotopic (exact) mass is 336 g/mol. The quantitative estimate of drug-likeness (QED) is 0.648. The normalized spacial score (nSPS) is 10.8. The van der Waals surface area contributed by atoms with Crippen LogP contribution in [0.25, 0.3) is 11.1 Å². The molecule has 0 bridgehead atoms. The molecule has 0 fully saturated rings. The highest BCUT2D eigenvalue weighted by molar-refractivity contribution is 5.84. The number of carbonyl (C=O) groups excluding carboxylic acids is 1. The number of ether oxygens (including phenoxy) is 1. The van der Waals surface area contributed by atoms with Crippen molar-refractivity contribution >= 4 is 5.97 Å². The Morgan fingerprint density at radius 3 is 2.44 bits per heavy atom. The summed E-state index contributed by atoms with van der Waals surface area (Å²) in [6, 6.07) is 18.8. The van der Waals surface area contributed by atoms with E-state index in [1.165, 1.54) is 30.1 Å². The molecule has 0 saturated heterocycles. The first kappa shape index (κ1) is 16.9. The number of nitrogens with zero attached hydrogens (tertiary/aromatic N) is 4. The van der Waals surface area contributed by atoms with Crippen LogP contribution in [-0.4, -0.2) is 39.8 Å². The van der Waals surface area contributed by atoms with Gasteiger partial charge in [0.05, 0.1) is 13.8 Å². The third kappa shape index (κ3) is 4.30. The van der Waals surface area contributed by atoms with Crippen LogP contribution in [-0.2, 0) is 18.0 Å². The Hall–Kier alpha value is -2.99. The van der Waals surface area contributed by atoms with Crippen LogP contribution in [0, 0.1) is 0 Å². The Balaban J connectivity index is 1.60. The van der Waals surface area contributed by atoms with Gasteiger partial charge in [0.15, 0.2) is 0 Å². The molecule has 128 valence electrons. The third-order valence-electron chi connectivity index (χ3n) is 3.80. The molecule has 2 aromatic carbocycles. The predicted molar refractivity (Wildman–Crippen MR) is 94.7 cm³/mol. The van der Waals surface area contributed by atoms with Gasteiger partial charge in [-0.25, -0.2) is 14.5 Å². The number of methoxy groups -OCH3 is 1. The standard InChI is InChI=1S/C19H20N4O2/c1-22(14-23-13-20-18(21-23)19(24)25-2)12-15-8-10-17(11-9-15)16-6-4-3-5-7-16/h3-11,13H,12,14H2,1-2H3. The van der Waals surface area contributed by atoms with Crippen molar-refractivity contribution in [2.45, 2.75) is 13.2 Å². The van der Waals surface area contributed by atoms with Crippen LogP contribution in [0.1, 0.15) is 16.2 Å². The van der Waals surface area contributed by atoms with Crippen LogP contribution in [0.15, 0.2) is 60.9 Å². The summed E-state index contributed by atoms with van der Waals surface area (Å²) >= 11 is 0. The van der Waals surface area contributed by atoms with E-state index < -0.39 is 5.97 Å². The molecule has 3 aromatic rings. The van der Waals surface area contributed by atoms with E-state index in [-0.39, 0.29) is 5.82 Å². The van der Waals surface area contributed by atoms with Gasteiger partial charge in [0.25, 0.3) is 5.82 Å². The predicted octanol–water partition coefficient (Wildman–Crippen LogP) is 2.82. The van der Waals surface area contributed by atoms with E-state index in [1.54, 1.807) is 4.68 Å². The summed E-state index contributed by atoms with van der Waals surface area (Å²) in [7, 11) is 3.30. The first-order chi connectivity index (χ1) is 12.2. The molecular formula is C19H20N4O2. The number of rotatable bonds is 6. The molecule has 0 aliphatic carbocycles. The van der Waals surface area contributed by atoms with Gasteiger partial charge in [-0.05, 0) is 23.7 Å². The fourth-order valence-corrected chi connectivity index (χ4v) is 2.59. The average Bonchev–Trinajstić information content (AvgIpc) is 3.10. The molecule has 0 radical (unpaired) electrons. The lowest BCUT2D eigenvalue weighted by atomic mass is 10.0. The van der Waals surface area contributed by atoms with Crippen molar-refractivity contribution < 1.29 is 9.53 Å². The highest BCUT2D eigenvalue weighted by atomic mass is 16.5. The third-order valence-corrected chi connectivity index (χ3v) is 3.80. The van der Waals surface area contributed by atoms with Crippen LogP contribution in [0.5, 0.6) is 0 Å². The summed E-state index contributed by atoms with van der Waals surface area (Å²) in [6.07, 6.45) is 1.53. The number of hydrogen-bond donors (Lipinski definition) is 0. The zero-order valence-electron chi connectivity index (χ0n) is 14.3. The van der Waals surface area contributed by atoms with Gasteiger partial charge in [-0.2, -0.15) is 0 Å². The molecule has 0 unspecified atom stereocenters. The Kier molecular flexibility index (Phi) is 5.20. The van der Waals surface area contributed by atoms with Crippen molar-refractivity contribution in [2.75, 3.05) is 14.2 Å². The van der Waals surface area contributed by atoms with E-state index in [9.17, 15) is 4.79 Å². The molecule has 6 heteroatoms. The summed E-state index contributed by atoms with van der Waals surface area (Å²) in [5.41, 5.74) is 3.61. The van der Waals surface area contributed by atoms with Crippen LogP contribution in [0.3, 0.4) is 0 Å².